The van der Waals surface area contributed by atoms with Crippen molar-refractivity contribution in [2.75, 3.05) is 5.32 Å². The Bertz CT molecular complexity index is 1530. The predicted octanol–water partition coefficient (Wildman–Crippen LogP) is 7.14. The molecule has 5 rings (SSSR count). The van der Waals surface area contributed by atoms with E-state index >= 15 is 0 Å². The van der Waals surface area contributed by atoms with Crippen LogP contribution in [0, 0.1) is 18.3 Å². The lowest BCUT2D eigenvalue weighted by atomic mass is 10.0. The number of nitrogens with zero attached hydrogens (tertiary/aromatic N) is 2. The highest BCUT2D eigenvalue weighted by Crippen LogP contribution is 2.37. The van der Waals surface area contributed by atoms with E-state index in [0.29, 0.717) is 26.8 Å². The van der Waals surface area contributed by atoms with Crippen LogP contribution in [-0.4, -0.2) is 17.0 Å². The molecule has 0 bridgehead atoms. The average molecular weight is 490 g/mol. The Morgan fingerprint density at radius 1 is 1.06 bits per heavy atom. The minimum Gasteiger partial charge on any atom is -0.485 e. The topological polar surface area (TPSA) is 75.0 Å². The van der Waals surface area contributed by atoms with Gasteiger partial charge in [0.05, 0.1) is 5.57 Å². The highest BCUT2D eigenvalue weighted by atomic mass is 32.1. The molecular formula is C30H23N3O2S. The highest BCUT2D eigenvalue weighted by Gasteiger charge is 2.21. The van der Waals surface area contributed by atoms with E-state index < -0.39 is 0 Å². The first kappa shape index (κ1) is 23.3. The summed E-state index contributed by atoms with van der Waals surface area (Å²) in [5.74, 6) is 0.598. The maximum Gasteiger partial charge on any atom is 0.256 e. The van der Waals surface area contributed by atoms with E-state index in [4.69, 9.17) is 9.72 Å². The number of amides is 1. The summed E-state index contributed by atoms with van der Waals surface area (Å²) in [4.78, 5) is 17.8. The molecule has 2 heterocycles. The standard InChI is InChI=1S/C30H23N3O2S/c1-19-12-14-22(15-13-19)28(34)33-30-27(21-8-4-3-5-9-21)32-29(36-30)25(18-31)17-24-16-23-10-6-7-11-26(23)35-20(24)2/h3-17,20H,1-2H3,(H,33,34). The van der Waals surface area contributed by atoms with Crippen LogP contribution >= 0.6 is 11.3 Å². The molecule has 0 fully saturated rings. The highest BCUT2D eigenvalue weighted by molar-refractivity contribution is 7.17. The van der Waals surface area contributed by atoms with Crippen LogP contribution in [0.3, 0.4) is 0 Å². The largest absolute Gasteiger partial charge is 0.485 e. The molecule has 0 saturated heterocycles. The van der Waals surface area contributed by atoms with Crippen molar-refractivity contribution in [3.8, 4) is 23.1 Å². The number of hydrogen-bond donors (Lipinski definition) is 1. The number of aryl methyl sites for hydroxylation is 1. The Labute approximate surface area is 214 Å². The molecule has 1 N–H and O–H groups in total. The molecule has 4 aromatic rings. The molecule has 1 unspecified atom stereocenters. The van der Waals surface area contributed by atoms with Gasteiger partial charge < -0.3 is 10.1 Å². The van der Waals surface area contributed by atoms with Crippen molar-refractivity contribution in [2.45, 2.75) is 20.0 Å². The number of aromatic nitrogens is 1. The minimum absolute atomic E-state index is 0.211. The Morgan fingerprint density at radius 2 is 1.78 bits per heavy atom. The second-order valence-electron chi connectivity index (χ2n) is 8.49. The summed E-state index contributed by atoms with van der Waals surface area (Å²) in [6.07, 6.45) is 3.64. The molecule has 1 aliphatic heterocycles. The summed E-state index contributed by atoms with van der Waals surface area (Å²) in [6, 6.07) is 27.1. The molecule has 0 spiro atoms. The Morgan fingerprint density at radius 3 is 2.53 bits per heavy atom. The number of fused-ring (bicyclic) bond motifs is 1. The van der Waals surface area contributed by atoms with Gasteiger partial charge in [0.2, 0.25) is 0 Å². The van der Waals surface area contributed by atoms with Crippen LogP contribution in [-0.2, 0) is 0 Å². The number of nitrogens with one attached hydrogen (secondary N) is 1. The SMILES string of the molecule is Cc1ccc(C(=O)Nc2sc(C(C#N)=CC3=Cc4ccccc4OC3C)nc2-c2ccccc2)cc1. The predicted molar refractivity (Wildman–Crippen MR) is 145 cm³/mol. The van der Waals surface area contributed by atoms with E-state index in [9.17, 15) is 10.1 Å². The summed E-state index contributed by atoms with van der Waals surface area (Å²) >= 11 is 1.29. The molecule has 6 heteroatoms. The van der Waals surface area contributed by atoms with Crippen molar-refractivity contribution >= 4 is 33.9 Å². The summed E-state index contributed by atoms with van der Waals surface area (Å²) < 4.78 is 6.04. The average Bonchev–Trinajstić information content (AvgIpc) is 3.31. The smallest absolute Gasteiger partial charge is 0.256 e. The summed E-state index contributed by atoms with van der Waals surface area (Å²) in [6.45, 7) is 3.93. The van der Waals surface area contributed by atoms with Gasteiger partial charge in [-0.2, -0.15) is 5.26 Å². The number of para-hydroxylation sites is 1. The van der Waals surface area contributed by atoms with Crippen molar-refractivity contribution in [3.05, 3.63) is 112 Å². The molecule has 1 amide bonds. The van der Waals surface area contributed by atoms with E-state index in [-0.39, 0.29) is 12.0 Å². The van der Waals surface area contributed by atoms with Gasteiger partial charge in [-0.05, 0) is 49.8 Å². The lowest BCUT2D eigenvalue weighted by Gasteiger charge is -2.22. The van der Waals surface area contributed by atoms with Gasteiger partial charge in [-0.3, -0.25) is 4.79 Å². The van der Waals surface area contributed by atoms with E-state index in [2.05, 4.69) is 11.4 Å². The van der Waals surface area contributed by atoms with Gasteiger partial charge >= 0.3 is 0 Å². The molecule has 0 aliphatic carbocycles. The molecule has 1 aromatic heterocycles. The number of ether oxygens (including phenoxy) is 1. The van der Waals surface area contributed by atoms with Crippen molar-refractivity contribution in [3.63, 3.8) is 0 Å². The Kier molecular flexibility index (Phi) is 6.48. The van der Waals surface area contributed by atoms with Crippen LogP contribution in [0.15, 0.2) is 90.5 Å². The van der Waals surface area contributed by atoms with Crippen LogP contribution in [0.25, 0.3) is 22.9 Å². The monoisotopic (exact) mass is 489 g/mol. The van der Waals surface area contributed by atoms with Crippen molar-refractivity contribution < 1.29 is 9.53 Å². The maximum absolute atomic E-state index is 13.0. The minimum atomic E-state index is -0.224. The van der Waals surface area contributed by atoms with Crippen molar-refractivity contribution in [1.82, 2.24) is 4.98 Å². The van der Waals surface area contributed by atoms with Crippen LogP contribution in [0.5, 0.6) is 5.75 Å². The van der Waals surface area contributed by atoms with Crippen LogP contribution in [0.2, 0.25) is 0 Å². The number of benzene rings is 3. The lowest BCUT2D eigenvalue weighted by molar-refractivity contribution is 0.102. The van der Waals surface area contributed by atoms with Gasteiger partial charge in [0, 0.05) is 16.7 Å². The van der Waals surface area contributed by atoms with E-state index in [0.717, 1.165) is 28.0 Å². The van der Waals surface area contributed by atoms with E-state index in [1.54, 1.807) is 12.1 Å². The third-order valence-electron chi connectivity index (χ3n) is 5.89. The van der Waals surface area contributed by atoms with Crippen molar-refractivity contribution in [2.24, 2.45) is 0 Å². The van der Waals surface area contributed by atoms with Gasteiger partial charge in [0.1, 0.15) is 33.6 Å². The van der Waals surface area contributed by atoms with Gasteiger partial charge in [-0.1, -0.05) is 77.6 Å². The molecule has 36 heavy (non-hydrogen) atoms. The summed E-state index contributed by atoms with van der Waals surface area (Å²) in [5.41, 5.74) is 5.39. The lowest BCUT2D eigenvalue weighted by Crippen LogP contribution is -2.17. The van der Waals surface area contributed by atoms with Crippen LogP contribution in [0.4, 0.5) is 5.00 Å². The normalized spacial score (nSPS) is 14.8. The van der Waals surface area contributed by atoms with Crippen LogP contribution in [0.1, 0.15) is 33.4 Å². The van der Waals surface area contributed by atoms with E-state index in [1.807, 2.05) is 92.7 Å². The quantitative estimate of drug-likeness (QED) is 0.302. The van der Waals surface area contributed by atoms with Gasteiger partial charge in [-0.25, -0.2) is 4.98 Å². The van der Waals surface area contributed by atoms with Crippen molar-refractivity contribution in [1.29, 1.82) is 5.26 Å². The zero-order chi connectivity index (χ0) is 25.1. The number of thiazole rings is 1. The zero-order valence-electron chi connectivity index (χ0n) is 19.9. The molecular weight excluding hydrogens is 466 g/mol. The van der Waals surface area contributed by atoms with Gasteiger partial charge in [0.15, 0.2) is 0 Å². The third kappa shape index (κ3) is 4.83. The van der Waals surface area contributed by atoms with E-state index in [1.165, 1.54) is 11.3 Å². The summed E-state index contributed by atoms with van der Waals surface area (Å²) in [5, 5.41) is 14.2. The Balaban J connectivity index is 1.54. The summed E-state index contributed by atoms with van der Waals surface area (Å²) in [7, 11) is 0. The number of nitriles is 1. The second-order valence-corrected chi connectivity index (χ2v) is 9.49. The maximum atomic E-state index is 13.0. The third-order valence-corrected chi connectivity index (χ3v) is 6.90. The number of hydrogen-bond acceptors (Lipinski definition) is 5. The molecule has 1 atom stereocenters. The molecule has 1 aliphatic rings. The second kappa shape index (κ2) is 10.0. The van der Waals surface area contributed by atoms with Gasteiger partial charge in [0.25, 0.3) is 5.91 Å². The van der Waals surface area contributed by atoms with Crippen LogP contribution < -0.4 is 10.1 Å². The molecule has 3 aromatic carbocycles. The van der Waals surface area contributed by atoms with Gasteiger partial charge in [-0.15, -0.1) is 0 Å². The molecule has 0 radical (unpaired) electrons. The number of carbonyl (C=O) groups is 1. The zero-order valence-corrected chi connectivity index (χ0v) is 20.7. The number of rotatable bonds is 5. The fourth-order valence-corrected chi connectivity index (χ4v) is 4.87. The first-order chi connectivity index (χ1) is 17.5. The molecule has 5 nitrogen and oxygen atoms in total. The molecule has 0 saturated carbocycles. The first-order valence-electron chi connectivity index (χ1n) is 11.6. The Hall–Kier alpha value is -4.47. The molecule has 176 valence electrons. The number of allylic oxidation sites excluding steroid dienone is 1. The number of carbonyl (C=O) groups excluding carboxylic acids is 1. The fourth-order valence-electron chi connectivity index (χ4n) is 3.92. The fraction of sp³-hybridized carbons (Fsp3) is 0.100. The number of anilines is 1. The first-order valence-corrected chi connectivity index (χ1v) is 12.4.